The van der Waals surface area contributed by atoms with Crippen LogP contribution in [0.25, 0.3) is 0 Å². The smallest absolute Gasteiger partial charge is 0.243 e. The summed E-state index contributed by atoms with van der Waals surface area (Å²) >= 11 is 5.77. The van der Waals surface area contributed by atoms with E-state index in [1.165, 1.54) is 18.2 Å². The first-order chi connectivity index (χ1) is 10.4. The van der Waals surface area contributed by atoms with Crippen molar-refractivity contribution >= 4 is 33.2 Å². The molecule has 0 radical (unpaired) electrons. The molecule has 116 valence electrons. The fourth-order valence-electron chi connectivity index (χ4n) is 1.67. The summed E-state index contributed by atoms with van der Waals surface area (Å²) in [6.45, 7) is -0.525. The topological polar surface area (TPSA) is 75.3 Å². The second-order valence-corrected chi connectivity index (χ2v) is 6.49. The SMILES string of the molecule is O=C(CNS(=O)(=O)c1ccccc1F)Nc1cccc(Cl)c1. The molecule has 1 amide bonds. The Balaban J connectivity index is 2.00. The summed E-state index contributed by atoms with van der Waals surface area (Å²) in [5, 5.41) is 2.91. The largest absolute Gasteiger partial charge is 0.325 e. The third-order valence-corrected chi connectivity index (χ3v) is 4.33. The quantitative estimate of drug-likeness (QED) is 0.876. The summed E-state index contributed by atoms with van der Waals surface area (Å²) in [6, 6.07) is 11.3. The van der Waals surface area contributed by atoms with E-state index >= 15 is 0 Å². The standard InChI is InChI=1S/C14H12ClFN2O3S/c15-10-4-3-5-11(8-10)18-14(19)9-17-22(20,21)13-7-2-1-6-12(13)16/h1-8,17H,9H2,(H,18,19). The van der Waals surface area contributed by atoms with Crippen LogP contribution < -0.4 is 10.0 Å². The van der Waals surface area contributed by atoms with Crippen LogP contribution in [0.1, 0.15) is 0 Å². The van der Waals surface area contributed by atoms with Gasteiger partial charge in [0.2, 0.25) is 15.9 Å². The molecule has 22 heavy (non-hydrogen) atoms. The van der Waals surface area contributed by atoms with E-state index in [0.717, 1.165) is 12.1 Å². The van der Waals surface area contributed by atoms with Crippen LogP contribution in [0.2, 0.25) is 5.02 Å². The van der Waals surface area contributed by atoms with Gasteiger partial charge in [-0.1, -0.05) is 29.8 Å². The molecular formula is C14H12ClFN2O3S. The second kappa shape index (κ2) is 6.87. The van der Waals surface area contributed by atoms with Gasteiger partial charge in [-0.25, -0.2) is 17.5 Å². The van der Waals surface area contributed by atoms with E-state index in [1.807, 2.05) is 4.72 Å². The Hall–Kier alpha value is -1.96. The van der Waals surface area contributed by atoms with Crippen LogP contribution in [-0.4, -0.2) is 20.9 Å². The minimum atomic E-state index is -4.10. The first-order valence-electron chi connectivity index (χ1n) is 6.18. The maximum absolute atomic E-state index is 13.5. The molecule has 2 aromatic carbocycles. The van der Waals surface area contributed by atoms with Crippen molar-refractivity contribution in [3.8, 4) is 0 Å². The van der Waals surface area contributed by atoms with Crippen LogP contribution in [0.15, 0.2) is 53.4 Å². The highest BCUT2D eigenvalue weighted by Gasteiger charge is 2.19. The van der Waals surface area contributed by atoms with E-state index in [-0.39, 0.29) is 0 Å². The summed E-state index contributed by atoms with van der Waals surface area (Å²) in [5.74, 6) is -1.48. The molecule has 0 bridgehead atoms. The van der Waals surface area contributed by atoms with Crippen LogP contribution in [0.3, 0.4) is 0 Å². The molecule has 0 fully saturated rings. The number of anilines is 1. The number of carbonyl (C=O) groups excluding carboxylic acids is 1. The Kier molecular flexibility index (Phi) is 5.12. The van der Waals surface area contributed by atoms with Crippen molar-refractivity contribution < 1.29 is 17.6 Å². The monoisotopic (exact) mass is 342 g/mol. The molecule has 0 saturated heterocycles. The number of nitrogens with one attached hydrogen (secondary N) is 2. The maximum atomic E-state index is 13.5. The fraction of sp³-hybridized carbons (Fsp3) is 0.0714. The molecule has 2 N–H and O–H groups in total. The third-order valence-electron chi connectivity index (χ3n) is 2.66. The molecule has 0 unspecified atom stereocenters. The Bertz CT molecular complexity index is 796. The van der Waals surface area contributed by atoms with E-state index in [9.17, 15) is 17.6 Å². The first kappa shape index (κ1) is 16.4. The van der Waals surface area contributed by atoms with Gasteiger partial charge in [-0.05, 0) is 30.3 Å². The lowest BCUT2D eigenvalue weighted by atomic mass is 10.3. The van der Waals surface area contributed by atoms with Crippen LogP contribution >= 0.6 is 11.6 Å². The molecular weight excluding hydrogens is 331 g/mol. The lowest BCUT2D eigenvalue weighted by Crippen LogP contribution is -2.33. The maximum Gasteiger partial charge on any atom is 0.243 e. The first-order valence-corrected chi connectivity index (χ1v) is 8.04. The number of hydrogen-bond acceptors (Lipinski definition) is 3. The van der Waals surface area contributed by atoms with Crippen molar-refractivity contribution in [2.45, 2.75) is 4.90 Å². The molecule has 0 aliphatic carbocycles. The summed E-state index contributed by atoms with van der Waals surface area (Å²) in [4.78, 5) is 11.2. The fourth-order valence-corrected chi connectivity index (χ4v) is 2.92. The molecule has 0 saturated carbocycles. The zero-order valence-corrected chi connectivity index (χ0v) is 12.8. The molecule has 0 aliphatic heterocycles. The predicted octanol–water partition coefficient (Wildman–Crippen LogP) is 2.40. The van der Waals surface area contributed by atoms with Gasteiger partial charge in [-0.2, -0.15) is 0 Å². The molecule has 8 heteroatoms. The lowest BCUT2D eigenvalue weighted by Gasteiger charge is -2.08. The van der Waals surface area contributed by atoms with Gasteiger partial charge in [0.1, 0.15) is 10.7 Å². The van der Waals surface area contributed by atoms with E-state index < -0.39 is 33.2 Å². The molecule has 0 atom stereocenters. The number of benzene rings is 2. The third kappa shape index (κ3) is 4.27. The van der Waals surface area contributed by atoms with Gasteiger partial charge < -0.3 is 5.32 Å². The van der Waals surface area contributed by atoms with Crippen LogP contribution in [-0.2, 0) is 14.8 Å². The second-order valence-electron chi connectivity index (χ2n) is 4.31. The van der Waals surface area contributed by atoms with Gasteiger partial charge in [0.05, 0.1) is 6.54 Å². The summed E-state index contributed by atoms with van der Waals surface area (Å²) < 4.78 is 39.3. The highest BCUT2D eigenvalue weighted by molar-refractivity contribution is 7.89. The van der Waals surface area contributed by atoms with Gasteiger partial charge in [-0.15, -0.1) is 0 Å². The van der Waals surface area contributed by atoms with Crippen LogP contribution in [0.4, 0.5) is 10.1 Å². The Morgan fingerprint density at radius 1 is 1.14 bits per heavy atom. The minimum absolute atomic E-state index is 0.433. The molecule has 2 rings (SSSR count). The molecule has 0 aromatic heterocycles. The lowest BCUT2D eigenvalue weighted by molar-refractivity contribution is -0.115. The molecule has 2 aromatic rings. The summed E-state index contributed by atoms with van der Waals surface area (Å²) in [7, 11) is -4.10. The van der Waals surface area contributed by atoms with Gasteiger partial charge in [0.15, 0.2) is 0 Å². The molecule has 0 heterocycles. The summed E-state index contributed by atoms with van der Waals surface area (Å²) in [6.07, 6.45) is 0. The number of amides is 1. The number of hydrogen-bond donors (Lipinski definition) is 2. The van der Waals surface area contributed by atoms with Crippen molar-refractivity contribution in [3.05, 3.63) is 59.4 Å². The van der Waals surface area contributed by atoms with Crippen molar-refractivity contribution in [1.29, 1.82) is 0 Å². The van der Waals surface area contributed by atoms with E-state index in [0.29, 0.717) is 10.7 Å². The van der Waals surface area contributed by atoms with Crippen molar-refractivity contribution in [3.63, 3.8) is 0 Å². The Morgan fingerprint density at radius 2 is 1.86 bits per heavy atom. The summed E-state index contributed by atoms with van der Waals surface area (Å²) in [5.41, 5.74) is 0.433. The molecule has 0 aliphatic rings. The Labute approximate surface area is 132 Å². The van der Waals surface area contributed by atoms with E-state index in [4.69, 9.17) is 11.6 Å². The van der Waals surface area contributed by atoms with E-state index in [1.54, 1.807) is 18.2 Å². The van der Waals surface area contributed by atoms with Gasteiger partial charge >= 0.3 is 0 Å². The van der Waals surface area contributed by atoms with Crippen LogP contribution in [0, 0.1) is 5.82 Å². The number of rotatable bonds is 5. The van der Waals surface area contributed by atoms with Crippen LogP contribution in [0.5, 0.6) is 0 Å². The number of halogens is 2. The normalized spacial score (nSPS) is 11.2. The Morgan fingerprint density at radius 3 is 2.55 bits per heavy atom. The van der Waals surface area contributed by atoms with Crippen molar-refractivity contribution in [1.82, 2.24) is 4.72 Å². The minimum Gasteiger partial charge on any atom is -0.325 e. The van der Waals surface area contributed by atoms with Gasteiger partial charge in [0.25, 0.3) is 0 Å². The van der Waals surface area contributed by atoms with E-state index in [2.05, 4.69) is 5.32 Å². The average molecular weight is 343 g/mol. The number of carbonyl (C=O) groups is 1. The predicted molar refractivity (Wildman–Crippen MR) is 81.7 cm³/mol. The van der Waals surface area contributed by atoms with Gasteiger partial charge in [0, 0.05) is 10.7 Å². The average Bonchev–Trinajstić information content (AvgIpc) is 2.45. The number of sulfonamides is 1. The van der Waals surface area contributed by atoms with Crippen molar-refractivity contribution in [2.75, 3.05) is 11.9 Å². The zero-order valence-electron chi connectivity index (χ0n) is 11.2. The highest BCUT2D eigenvalue weighted by Crippen LogP contribution is 2.15. The molecule has 0 spiro atoms. The van der Waals surface area contributed by atoms with Crippen molar-refractivity contribution in [2.24, 2.45) is 0 Å². The molecule has 5 nitrogen and oxygen atoms in total. The highest BCUT2D eigenvalue weighted by atomic mass is 35.5. The zero-order chi connectivity index (χ0) is 16.2. The van der Waals surface area contributed by atoms with Gasteiger partial charge in [-0.3, -0.25) is 4.79 Å².